The molecular formula is C19H21N3. The Labute approximate surface area is 131 Å². The highest BCUT2D eigenvalue weighted by Crippen LogP contribution is 2.36. The van der Waals surface area contributed by atoms with Crippen molar-refractivity contribution in [2.75, 3.05) is 18.1 Å². The summed E-state index contributed by atoms with van der Waals surface area (Å²) < 4.78 is 0. The SMILES string of the molecule is C1=C(c2ccc(C3CCCN3c3ccccc3)cc2)NCN1. The average molecular weight is 291 g/mol. The number of hydrogen-bond acceptors (Lipinski definition) is 3. The summed E-state index contributed by atoms with van der Waals surface area (Å²) in [6.07, 6.45) is 4.54. The van der Waals surface area contributed by atoms with Gasteiger partial charge < -0.3 is 15.5 Å². The van der Waals surface area contributed by atoms with Gasteiger partial charge in [0.15, 0.2) is 0 Å². The lowest BCUT2D eigenvalue weighted by Gasteiger charge is -2.27. The molecule has 2 aromatic carbocycles. The van der Waals surface area contributed by atoms with Crippen LogP contribution in [0.2, 0.25) is 0 Å². The zero-order valence-corrected chi connectivity index (χ0v) is 12.6. The summed E-state index contributed by atoms with van der Waals surface area (Å²) >= 11 is 0. The minimum Gasteiger partial charge on any atom is -0.372 e. The molecule has 0 spiro atoms. The quantitative estimate of drug-likeness (QED) is 0.906. The summed E-state index contributed by atoms with van der Waals surface area (Å²) in [6.45, 7) is 1.97. The topological polar surface area (TPSA) is 27.3 Å². The zero-order valence-electron chi connectivity index (χ0n) is 12.6. The maximum Gasteiger partial charge on any atom is 0.0846 e. The second kappa shape index (κ2) is 5.76. The van der Waals surface area contributed by atoms with Crippen molar-refractivity contribution in [1.82, 2.24) is 10.6 Å². The van der Waals surface area contributed by atoms with Gasteiger partial charge in [-0.15, -0.1) is 0 Å². The third kappa shape index (κ3) is 2.43. The third-order valence-electron chi connectivity index (χ3n) is 4.57. The van der Waals surface area contributed by atoms with Crippen LogP contribution in [0.25, 0.3) is 5.70 Å². The summed E-state index contributed by atoms with van der Waals surface area (Å²) in [6, 6.07) is 20.3. The van der Waals surface area contributed by atoms with Crippen LogP contribution in [0.3, 0.4) is 0 Å². The first kappa shape index (κ1) is 13.3. The second-order valence-corrected chi connectivity index (χ2v) is 5.92. The van der Waals surface area contributed by atoms with Gasteiger partial charge in [0.2, 0.25) is 0 Å². The molecule has 3 heteroatoms. The van der Waals surface area contributed by atoms with E-state index in [1.807, 2.05) is 6.20 Å². The molecule has 1 unspecified atom stereocenters. The van der Waals surface area contributed by atoms with Gasteiger partial charge in [0.05, 0.1) is 18.4 Å². The molecule has 2 N–H and O–H groups in total. The highest BCUT2D eigenvalue weighted by Gasteiger charge is 2.26. The smallest absolute Gasteiger partial charge is 0.0846 e. The number of rotatable bonds is 3. The molecule has 0 amide bonds. The molecule has 0 bridgehead atoms. The van der Waals surface area contributed by atoms with Crippen LogP contribution < -0.4 is 15.5 Å². The molecule has 1 fully saturated rings. The molecule has 4 rings (SSSR count). The molecule has 112 valence electrons. The molecule has 0 radical (unpaired) electrons. The summed E-state index contributed by atoms with van der Waals surface area (Å²) in [5.41, 5.74) is 5.17. The van der Waals surface area contributed by atoms with Gasteiger partial charge in [-0.3, -0.25) is 0 Å². The van der Waals surface area contributed by atoms with Crippen molar-refractivity contribution in [2.45, 2.75) is 18.9 Å². The van der Waals surface area contributed by atoms with Gasteiger partial charge in [0.1, 0.15) is 0 Å². The number of para-hydroxylation sites is 1. The molecule has 22 heavy (non-hydrogen) atoms. The Bertz CT molecular complexity index is 661. The number of anilines is 1. The van der Waals surface area contributed by atoms with Gasteiger partial charge in [0.25, 0.3) is 0 Å². The van der Waals surface area contributed by atoms with E-state index < -0.39 is 0 Å². The fourth-order valence-electron chi connectivity index (χ4n) is 3.46. The molecule has 1 atom stereocenters. The van der Waals surface area contributed by atoms with E-state index >= 15 is 0 Å². The Balaban J connectivity index is 1.58. The highest BCUT2D eigenvalue weighted by molar-refractivity contribution is 5.65. The van der Waals surface area contributed by atoms with Gasteiger partial charge in [-0.1, -0.05) is 42.5 Å². The number of benzene rings is 2. The monoisotopic (exact) mass is 291 g/mol. The highest BCUT2D eigenvalue weighted by atomic mass is 15.2. The lowest BCUT2D eigenvalue weighted by atomic mass is 10.0. The lowest BCUT2D eigenvalue weighted by Crippen LogP contribution is -2.22. The second-order valence-electron chi connectivity index (χ2n) is 5.92. The van der Waals surface area contributed by atoms with Gasteiger partial charge in [-0.05, 0) is 36.1 Å². The van der Waals surface area contributed by atoms with Crippen molar-refractivity contribution >= 4 is 11.4 Å². The Morgan fingerprint density at radius 3 is 2.50 bits per heavy atom. The maximum atomic E-state index is 3.34. The number of hydrogen-bond donors (Lipinski definition) is 2. The van der Waals surface area contributed by atoms with Crippen molar-refractivity contribution in [3.8, 4) is 0 Å². The average Bonchev–Trinajstić information content (AvgIpc) is 3.28. The minimum atomic E-state index is 0.500. The van der Waals surface area contributed by atoms with Crippen LogP contribution in [0.15, 0.2) is 60.8 Å². The Morgan fingerprint density at radius 1 is 0.955 bits per heavy atom. The summed E-state index contributed by atoms with van der Waals surface area (Å²) in [7, 11) is 0. The van der Waals surface area contributed by atoms with Crippen molar-refractivity contribution in [3.63, 3.8) is 0 Å². The van der Waals surface area contributed by atoms with Crippen LogP contribution in [-0.2, 0) is 0 Å². The van der Waals surface area contributed by atoms with Gasteiger partial charge >= 0.3 is 0 Å². The van der Waals surface area contributed by atoms with Gasteiger partial charge in [-0.25, -0.2) is 0 Å². The fourth-order valence-corrected chi connectivity index (χ4v) is 3.46. The first-order valence-corrected chi connectivity index (χ1v) is 8.01. The Kier molecular flexibility index (Phi) is 3.47. The molecule has 0 aromatic heterocycles. The van der Waals surface area contributed by atoms with Crippen LogP contribution in [-0.4, -0.2) is 13.2 Å². The molecule has 0 aliphatic carbocycles. The lowest BCUT2D eigenvalue weighted by molar-refractivity contribution is 0.719. The first-order chi connectivity index (χ1) is 10.9. The van der Waals surface area contributed by atoms with E-state index in [9.17, 15) is 0 Å². The van der Waals surface area contributed by atoms with Gasteiger partial charge in [0, 0.05) is 18.4 Å². The van der Waals surface area contributed by atoms with E-state index in [0.717, 1.165) is 13.2 Å². The molecule has 2 aliphatic rings. The number of nitrogens with zero attached hydrogens (tertiary/aromatic N) is 1. The van der Waals surface area contributed by atoms with Crippen LogP contribution in [0.4, 0.5) is 5.69 Å². The predicted molar refractivity (Wildman–Crippen MR) is 91.3 cm³/mol. The standard InChI is InChI=1S/C19H21N3/c1-2-5-17(6-3-1)22-12-4-7-19(22)16-10-8-15(9-11-16)18-13-20-14-21-18/h1-3,5-6,8-11,13,19-21H,4,7,12,14H2. The van der Waals surface area contributed by atoms with Crippen molar-refractivity contribution in [2.24, 2.45) is 0 Å². The van der Waals surface area contributed by atoms with Gasteiger partial charge in [-0.2, -0.15) is 0 Å². The van der Waals surface area contributed by atoms with E-state index in [4.69, 9.17) is 0 Å². The number of nitrogens with one attached hydrogen (secondary N) is 2. The minimum absolute atomic E-state index is 0.500. The molecule has 2 heterocycles. The van der Waals surface area contributed by atoms with Crippen molar-refractivity contribution < 1.29 is 0 Å². The molecule has 0 saturated carbocycles. The van der Waals surface area contributed by atoms with E-state index in [-0.39, 0.29) is 0 Å². The van der Waals surface area contributed by atoms with Crippen molar-refractivity contribution in [1.29, 1.82) is 0 Å². The van der Waals surface area contributed by atoms with Crippen LogP contribution in [0, 0.1) is 0 Å². The molecule has 1 saturated heterocycles. The van der Waals surface area contributed by atoms with E-state index in [0.29, 0.717) is 6.04 Å². The van der Waals surface area contributed by atoms with Crippen LogP contribution in [0.5, 0.6) is 0 Å². The zero-order chi connectivity index (χ0) is 14.8. The first-order valence-electron chi connectivity index (χ1n) is 8.01. The molecule has 2 aliphatic heterocycles. The summed E-state index contributed by atoms with van der Waals surface area (Å²) in [5.74, 6) is 0. The Hall–Kier alpha value is -2.42. The van der Waals surface area contributed by atoms with E-state index in [1.165, 1.54) is 35.4 Å². The fraction of sp³-hybridized carbons (Fsp3) is 0.263. The summed E-state index contributed by atoms with van der Waals surface area (Å²) in [4.78, 5) is 2.53. The molecule has 3 nitrogen and oxygen atoms in total. The maximum absolute atomic E-state index is 3.34. The van der Waals surface area contributed by atoms with E-state index in [2.05, 4.69) is 70.1 Å². The van der Waals surface area contributed by atoms with Crippen LogP contribution >= 0.6 is 0 Å². The van der Waals surface area contributed by atoms with Crippen molar-refractivity contribution in [3.05, 3.63) is 71.9 Å². The third-order valence-corrected chi connectivity index (χ3v) is 4.57. The predicted octanol–water partition coefficient (Wildman–Crippen LogP) is 3.48. The Morgan fingerprint density at radius 2 is 1.77 bits per heavy atom. The molecule has 2 aromatic rings. The van der Waals surface area contributed by atoms with Crippen LogP contribution in [0.1, 0.15) is 30.0 Å². The summed E-state index contributed by atoms with van der Waals surface area (Å²) in [5, 5.41) is 6.52. The molecular weight excluding hydrogens is 270 g/mol. The largest absolute Gasteiger partial charge is 0.372 e. The normalized spacial score (nSPS) is 20.5. The van der Waals surface area contributed by atoms with E-state index in [1.54, 1.807) is 0 Å².